The maximum atomic E-state index is 6.24. The molecule has 0 radical (unpaired) electrons. The van der Waals surface area contributed by atoms with Gasteiger partial charge in [0.25, 0.3) is 0 Å². The minimum absolute atomic E-state index is 0.0125. The molecule has 3 aromatic rings. The Morgan fingerprint density at radius 2 is 2.00 bits per heavy atom. The molecule has 0 saturated heterocycles. The first-order chi connectivity index (χ1) is 9.33. The Labute approximate surface area is 120 Å². The van der Waals surface area contributed by atoms with Crippen LogP contribution in [0.4, 0.5) is 0 Å². The van der Waals surface area contributed by atoms with Gasteiger partial charge in [-0.25, -0.2) is 4.98 Å². The van der Waals surface area contributed by atoms with E-state index in [0.29, 0.717) is 0 Å². The van der Waals surface area contributed by atoms with Crippen molar-refractivity contribution in [1.82, 2.24) is 9.36 Å². The van der Waals surface area contributed by atoms with Crippen molar-refractivity contribution in [3.63, 3.8) is 0 Å². The van der Waals surface area contributed by atoms with E-state index in [1.807, 2.05) is 12.1 Å². The second kappa shape index (κ2) is 5.69. The molecule has 2 N–H and O–H groups in total. The molecule has 5 heteroatoms. The van der Waals surface area contributed by atoms with E-state index in [9.17, 15) is 0 Å². The van der Waals surface area contributed by atoms with E-state index in [1.54, 1.807) is 18.1 Å². The molecule has 0 spiro atoms. The molecule has 1 heterocycles. The van der Waals surface area contributed by atoms with Gasteiger partial charge in [0.15, 0.2) is 4.34 Å². The molecule has 0 fully saturated rings. The highest BCUT2D eigenvalue weighted by Gasteiger charge is 2.08. The van der Waals surface area contributed by atoms with Gasteiger partial charge in [-0.2, -0.15) is 4.37 Å². The van der Waals surface area contributed by atoms with Crippen LogP contribution in [-0.4, -0.2) is 15.1 Å². The van der Waals surface area contributed by atoms with E-state index in [1.165, 1.54) is 22.3 Å². The number of aromatic nitrogens is 2. The second-order valence-electron chi connectivity index (χ2n) is 4.23. The third kappa shape index (κ3) is 2.94. The molecule has 3 rings (SSSR count). The van der Waals surface area contributed by atoms with Gasteiger partial charge in [0.05, 0.1) is 0 Å². The summed E-state index contributed by atoms with van der Waals surface area (Å²) in [5.41, 5.74) is 7.40. The van der Waals surface area contributed by atoms with Gasteiger partial charge in [0.2, 0.25) is 0 Å². The first-order valence-electron chi connectivity index (χ1n) is 5.97. The standard InChI is InChI=1S/C14H13N3S2/c15-13(8-18-14-16-9-17-19-14)12-6-5-10-3-1-2-4-11(10)7-12/h1-7,9,13H,8,15H2. The number of benzene rings is 2. The number of nitrogens with zero attached hydrogens (tertiary/aromatic N) is 2. The summed E-state index contributed by atoms with van der Waals surface area (Å²) >= 11 is 3.06. The fourth-order valence-corrected chi connectivity index (χ4v) is 3.38. The van der Waals surface area contributed by atoms with Crippen molar-refractivity contribution >= 4 is 34.1 Å². The van der Waals surface area contributed by atoms with Crippen LogP contribution in [0.1, 0.15) is 11.6 Å². The number of rotatable bonds is 4. The van der Waals surface area contributed by atoms with Crippen molar-refractivity contribution in [2.45, 2.75) is 10.4 Å². The minimum atomic E-state index is 0.0125. The van der Waals surface area contributed by atoms with E-state index < -0.39 is 0 Å². The fourth-order valence-electron chi connectivity index (χ4n) is 1.92. The van der Waals surface area contributed by atoms with Crippen LogP contribution < -0.4 is 5.73 Å². The number of thioether (sulfide) groups is 1. The molecule has 96 valence electrons. The predicted octanol–water partition coefficient (Wildman–Crippen LogP) is 3.48. The smallest absolute Gasteiger partial charge is 0.169 e. The van der Waals surface area contributed by atoms with Crippen molar-refractivity contribution in [3.8, 4) is 0 Å². The third-order valence-electron chi connectivity index (χ3n) is 2.93. The summed E-state index contributed by atoms with van der Waals surface area (Å²) in [5, 5.41) is 2.48. The van der Waals surface area contributed by atoms with Crippen LogP contribution in [0.3, 0.4) is 0 Å². The molecule has 0 aliphatic rings. The summed E-state index contributed by atoms with van der Waals surface area (Å²) < 4.78 is 4.95. The number of fused-ring (bicyclic) bond motifs is 1. The zero-order valence-electron chi connectivity index (χ0n) is 10.2. The molecule has 0 saturated carbocycles. The normalized spacial score (nSPS) is 12.7. The molecule has 0 aliphatic heterocycles. The van der Waals surface area contributed by atoms with Crippen molar-refractivity contribution in [2.24, 2.45) is 5.73 Å². The van der Waals surface area contributed by atoms with Crippen LogP contribution in [0.2, 0.25) is 0 Å². The Hall–Kier alpha value is -1.43. The highest BCUT2D eigenvalue weighted by atomic mass is 32.2. The van der Waals surface area contributed by atoms with E-state index >= 15 is 0 Å². The summed E-state index contributed by atoms with van der Waals surface area (Å²) in [6.07, 6.45) is 1.58. The molecule has 1 atom stereocenters. The molecule has 1 aromatic heterocycles. The summed E-state index contributed by atoms with van der Waals surface area (Å²) in [6.45, 7) is 0. The highest BCUT2D eigenvalue weighted by Crippen LogP contribution is 2.25. The monoisotopic (exact) mass is 287 g/mol. The van der Waals surface area contributed by atoms with Crippen LogP contribution in [0.5, 0.6) is 0 Å². The Morgan fingerprint density at radius 1 is 1.16 bits per heavy atom. The predicted molar refractivity (Wildman–Crippen MR) is 81.5 cm³/mol. The van der Waals surface area contributed by atoms with Crippen molar-refractivity contribution in [2.75, 3.05) is 5.75 Å². The lowest BCUT2D eigenvalue weighted by atomic mass is 10.0. The number of nitrogens with two attached hydrogens (primary N) is 1. The van der Waals surface area contributed by atoms with Crippen LogP contribution in [0.25, 0.3) is 10.8 Å². The lowest BCUT2D eigenvalue weighted by Crippen LogP contribution is -2.12. The average Bonchev–Trinajstić information content (AvgIpc) is 2.97. The van der Waals surface area contributed by atoms with Crippen LogP contribution in [0, 0.1) is 0 Å². The number of hydrogen-bond acceptors (Lipinski definition) is 5. The summed E-state index contributed by atoms with van der Waals surface area (Å²) in [7, 11) is 0. The molecule has 0 amide bonds. The SMILES string of the molecule is NC(CSc1ncns1)c1ccc2ccccc2c1. The Balaban J connectivity index is 1.75. The van der Waals surface area contributed by atoms with Crippen molar-refractivity contribution in [1.29, 1.82) is 0 Å². The van der Waals surface area contributed by atoms with E-state index in [0.717, 1.165) is 15.7 Å². The van der Waals surface area contributed by atoms with Crippen LogP contribution >= 0.6 is 23.3 Å². The van der Waals surface area contributed by atoms with Crippen molar-refractivity contribution < 1.29 is 0 Å². The van der Waals surface area contributed by atoms with Gasteiger partial charge < -0.3 is 5.73 Å². The van der Waals surface area contributed by atoms with Crippen LogP contribution in [-0.2, 0) is 0 Å². The third-order valence-corrected chi connectivity index (χ3v) is 4.85. The van der Waals surface area contributed by atoms with Gasteiger partial charge in [0, 0.05) is 11.8 Å². The molecular formula is C14H13N3S2. The van der Waals surface area contributed by atoms with Crippen molar-refractivity contribution in [3.05, 3.63) is 54.4 Å². The first kappa shape index (κ1) is 12.6. The van der Waals surface area contributed by atoms with E-state index in [2.05, 4.69) is 39.7 Å². The summed E-state index contributed by atoms with van der Waals surface area (Å²) in [4.78, 5) is 4.15. The van der Waals surface area contributed by atoms with Gasteiger partial charge in [-0.05, 0) is 33.9 Å². The number of hydrogen-bond donors (Lipinski definition) is 1. The first-order valence-corrected chi connectivity index (χ1v) is 7.72. The Kier molecular flexibility index (Phi) is 3.77. The van der Waals surface area contributed by atoms with E-state index in [-0.39, 0.29) is 6.04 Å². The molecule has 3 nitrogen and oxygen atoms in total. The highest BCUT2D eigenvalue weighted by molar-refractivity contribution is 8.00. The molecule has 1 unspecified atom stereocenters. The quantitative estimate of drug-likeness (QED) is 0.746. The lowest BCUT2D eigenvalue weighted by Gasteiger charge is -2.11. The summed E-state index contributed by atoms with van der Waals surface area (Å²) in [6, 6.07) is 14.7. The van der Waals surface area contributed by atoms with Crippen LogP contribution in [0.15, 0.2) is 53.1 Å². The van der Waals surface area contributed by atoms with Gasteiger partial charge in [-0.15, -0.1) is 0 Å². The Bertz CT molecular complexity index is 667. The van der Waals surface area contributed by atoms with Gasteiger partial charge >= 0.3 is 0 Å². The molecule has 0 aliphatic carbocycles. The Morgan fingerprint density at radius 3 is 2.79 bits per heavy atom. The van der Waals surface area contributed by atoms with Gasteiger partial charge in [-0.3, -0.25) is 0 Å². The fraction of sp³-hybridized carbons (Fsp3) is 0.143. The molecule has 2 aromatic carbocycles. The van der Waals surface area contributed by atoms with E-state index in [4.69, 9.17) is 5.73 Å². The zero-order chi connectivity index (χ0) is 13.1. The largest absolute Gasteiger partial charge is 0.323 e. The lowest BCUT2D eigenvalue weighted by molar-refractivity contribution is 0.833. The zero-order valence-corrected chi connectivity index (χ0v) is 11.8. The second-order valence-corrected chi connectivity index (χ2v) is 6.28. The average molecular weight is 287 g/mol. The molecular weight excluding hydrogens is 274 g/mol. The molecule has 0 bridgehead atoms. The van der Waals surface area contributed by atoms with Gasteiger partial charge in [0.1, 0.15) is 6.33 Å². The maximum absolute atomic E-state index is 6.24. The molecule has 19 heavy (non-hydrogen) atoms. The topological polar surface area (TPSA) is 51.8 Å². The summed E-state index contributed by atoms with van der Waals surface area (Å²) in [5.74, 6) is 0.813. The van der Waals surface area contributed by atoms with Gasteiger partial charge in [-0.1, -0.05) is 48.2 Å². The minimum Gasteiger partial charge on any atom is -0.323 e. The maximum Gasteiger partial charge on any atom is 0.169 e.